The lowest BCUT2D eigenvalue weighted by atomic mass is 10.1. The molecule has 31 heavy (non-hydrogen) atoms. The number of nitrogens with zero attached hydrogens (tertiary/aromatic N) is 2. The molecular weight excluding hydrogens is 450 g/mol. The minimum absolute atomic E-state index is 0.0212. The van der Waals surface area contributed by atoms with E-state index in [1.165, 1.54) is 12.3 Å². The molecule has 0 saturated carbocycles. The third-order valence-corrected chi connectivity index (χ3v) is 5.18. The third-order valence-electron chi connectivity index (χ3n) is 4.61. The van der Waals surface area contributed by atoms with Crippen molar-refractivity contribution in [3.63, 3.8) is 0 Å². The van der Waals surface area contributed by atoms with Gasteiger partial charge in [-0.1, -0.05) is 37.0 Å². The fraction of sp³-hybridized carbons (Fsp3) is 0.381. The van der Waals surface area contributed by atoms with E-state index in [4.69, 9.17) is 32.7 Å². The zero-order chi connectivity index (χ0) is 22.7. The molecule has 0 unspecified atom stereocenters. The number of aliphatic carboxylic acids is 1. The maximum Gasteiger partial charge on any atom is 0.326 e. The van der Waals surface area contributed by atoms with Crippen molar-refractivity contribution in [3.8, 4) is 17.4 Å². The Labute approximate surface area is 188 Å². The number of halogens is 3. The maximum atomic E-state index is 14.7. The first-order valence-electron chi connectivity index (χ1n) is 9.66. The summed E-state index contributed by atoms with van der Waals surface area (Å²) in [7, 11) is 0. The number of pyridine rings is 1. The summed E-state index contributed by atoms with van der Waals surface area (Å²) in [6.07, 6.45) is 2.21. The molecule has 1 saturated heterocycles. The summed E-state index contributed by atoms with van der Waals surface area (Å²) in [5.41, 5.74) is -0.320. The number of carboxylic acid groups (broad SMARTS) is 1. The average molecular weight is 471 g/mol. The van der Waals surface area contributed by atoms with Gasteiger partial charge >= 0.3 is 5.97 Å². The summed E-state index contributed by atoms with van der Waals surface area (Å²) in [6.45, 7) is 4.66. The highest BCUT2D eigenvalue weighted by Gasteiger charge is 2.35. The maximum absolute atomic E-state index is 14.7. The number of rotatable bonds is 7. The molecule has 7 nitrogen and oxygen atoms in total. The van der Waals surface area contributed by atoms with Crippen molar-refractivity contribution in [2.24, 2.45) is 5.92 Å². The minimum Gasteiger partial charge on any atom is -0.480 e. The monoisotopic (exact) mass is 470 g/mol. The van der Waals surface area contributed by atoms with Crippen LogP contribution in [0.1, 0.15) is 37.0 Å². The molecule has 166 valence electrons. The number of carbonyl (C=O) groups excluding carboxylic acids is 1. The van der Waals surface area contributed by atoms with Crippen molar-refractivity contribution in [2.75, 3.05) is 13.2 Å². The van der Waals surface area contributed by atoms with Crippen LogP contribution >= 0.6 is 23.2 Å². The first kappa shape index (κ1) is 23.1. The summed E-state index contributed by atoms with van der Waals surface area (Å²) in [5, 5.41) is 9.45. The van der Waals surface area contributed by atoms with E-state index in [1.54, 1.807) is 0 Å². The van der Waals surface area contributed by atoms with E-state index in [0.29, 0.717) is 25.4 Å². The molecule has 2 heterocycles. The van der Waals surface area contributed by atoms with Crippen molar-refractivity contribution < 1.29 is 28.6 Å². The molecule has 2 aromatic rings. The lowest BCUT2D eigenvalue weighted by molar-refractivity contribution is -0.141. The van der Waals surface area contributed by atoms with Crippen molar-refractivity contribution in [1.82, 2.24) is 9.88 Å². The van der Waals surface area contributed by atoms with Gasteiger partial charge in [-0.2, -0.15) is 0 Å². The number of aromatic nitrogens is 1. The van der Waals surface area contributed by atoms with Crippen LogP contribution in [0.5, 0.6) is 17.4 Å². The van der Waals surface area contributed by atoms with Gasteiger partial charge < -0.3 is 19.5 Å². The largest absolute Gasteiger partial charge is 0.480 e. The predicted octanol–water partition coefficient (Wildman–Crippen LogP) is 5.04. The normalized spacial score (nSPS) is 15.9. The van der Waals surface area contributed by atoms with Gasteiger partial charge in [0.15, 0.2) is 0 Å². The van der Waals surface area contributed by atoms with Crippen LogP contribution in [0.2, 0.25) is 10.0 Å². The smallest absolute Gasteiger partial charge is 0.326 e. The second-order valence-electron chi connectivity index (χ2n) is 7.52. The van der Waals surface area contributed by atoms with Gasteiger partial charge in [0, 0.05) is 18.7 Å². The first-order chi connectivity index (χ1) is 14.7. The molecule has 1 amide bonds. The van der Waals surface area contributed by atoms with Crippen LogP contribution in [0, 0.1) is 11.7 Å². The molecule has 1 fully saturated rings. The summed E-state index contributed by atoms with van der Waals surface area (Å²) in [6, 6.07) is 2.57. The predicted molar refractivity (Wildman–Crippen MR) is 113 cm³/mol. The number of hydrogen-bond acceptors (Lipinski definition) is 5. The van der Waals surface area contributed by atoms with Gasteiger partial charge in [0.05, 0.1) is 23.4 Å². The summed E-state index contributed by atoms with van der Waals surface area (Å²) in [4.78, 5) is 29.2. The molecular formula is C21H21Cl2FN2O5. The molecule has 0 spiro atoms. The number of amides is 1. The Morgan fingerprint density at radius 3 is 2.68 bits per heavy atom. The van der Waals surface area contributed by atoms with E-state index in [-0.39, 0.29) is 39.5 Å². The lowest BCUT2D eigenvalue weighted by Crippen LogP contribution is -2.40. The van der Waals surface area contributed by atoms with Gasteiger partial charge in [-0.05, 0) is 24.8 Å². The Morgan fingerprint density at radius 1 is 1.29 bits per heavy atom. The fourth-order valence-corrected chi connectivity index (χ4v) is 3.55. The number of likely N-dealkylation sites (tertiary alicyclic amines) is 1. The molecule has 1 aromatic heterocycles. The Kier molecular flexibility index (Phi) is 7.23. The lowest BCUT2D eigenvalue weighted by Gasteiger charge is -2.22. The topological polar surface area (TPSA) is 89.0 Å². The molecule has 10 heteroatoms. The number of carboxylic acids is 1. The second-order valence-corrected chi connectivity index (χ2v) is 8.34. The Morgan fingerprint density at radius 2 is 2.03 bits per heavy atom. The highest BCUT2D eigenvalue weighted by molar-refractivity contribution is 6.32. The fourth-order valence-electron chi connectivity index (χ4n) is 3.13. The average Bonchev–Trinajstić information content (AvgIpc) is 3.19. The molecule has 1 N–H and O–H groups in total. The molecule has 3 rings (SSSR count). The van der Waals surface area contributed by atoms with E-state index < -0.39 is 23.7 Å². The van der Waals surface area contributed by atoms with Crippen molar-refractivity contribution in [3.05, 3.63) is 45.8 Å². The van der Waals surface area contributed by atoms with Gasteiger partial charge in [-0.3, -0.25) is 4.79 Å². The van der Waals surface area contributed by atoms with Gasteiger partial charge in [0.1, 0.15) is 28.4 Å². The number of hydrogen-bond donors (Lipinski definition) is 1. The van der Waals surface area contributed by atoms with Gasteiger partial charge in [0.25, 0.3) is 5.91 Å². The van der Waals surface area contributed by atoms with Crippen LogP contribution in [-0.2, 0) is 4.79 Å². The van der Waals surface area contributed by atoms with Crippen LogP contribution in [0.25, 0.3) is 0 Å². The molecule has 1 aromatic carbocycles. The Bertz CT molecular complexity index is 1000. The van der Waals surface area contributed by atoms with E-state index in [1.807, 2.05) is 13.8 Å². The molecule has 0 radical (unpaired) electrons. The quantitative estimate of drug-likeness (QED) is 0.609. The number of ether oxygens (including phenoxy) is 2. The van der Waals surface area contributed by atoms with E-state index in [9.17, 15) is 19.1 Å². The van der Waals surface area contributed by atoms with E-state index in [2.05, 4.69) is 4.98 Å². The molecule has 1 aliphatic rings. The molecule has 0 bridgehead atoms. The second kappa shape index (κ2) is 9.70. The summed E-state index contributed by atoms with van der Waals surface area (Å²) in [5.74, 6) is -2.03. The Hall–Kier alpha value is -2.58. The number of benzene rings is 1. The molecule has 1 aliphatic heterocycles. The molecule has 0 aliphatic carbocycles. The zero-order valence-corrected chi connectivity index (χ0v) is 18.4. The van der Waals surface area contributed by atoms with Crippen LogP contribution in [0.3, 0.4) is 0 Å². The van der Waals surface area contributed by atoms with Crippen LogP contribution in [-0.4, -0.2) is 46.1 Å². The van der Waals surface area contributed by atoms with Crippen molar-refractivity contribution in [2.45, 2.75) is 32.7 Å². The van der Waals surface area contributed by atoms with Crippen molar-refractivity contribution in [1.29, 1.82) is 0 Å². The van der Waals surface area contributed by atoms with E-state index in [0.717, 1.165) is 17.0 Å². The van der Waals surface area contributed by atoms with Gasteiger partial charge in [-0.15, -0.1) is 0 Å². The van der Waals surface area contributed by atoms with Crippen LogP contribution in [0.4, 0.5) is 4.39 Å². The van der Waals surface area contributed by atoms with Gasteiger partial charge in [0.2, 0.25) is 5.88 Å². The van der Waals surface area contributed by atoms with Crippen LogP contribution < -0.4 is 9.47 Å². The van der Waals surface area contributed by atoms with Crippen LogP contribution in [0.15, 0.2) is 24.4 Å². The standard InChI is InChI=1S/C21H21Cl2FN2O5/c1-11(2)10-30-19-15(23)6-12(9-25-19)31-18-8-16(24)13(7-14(18)22)20(27)26-5-3-4-17(26)21(28)29/h6-9,11,17H,3-5,10H2,1-2H3,(H,28,29)/t17-/m0/s1. The summed E-state index contributed by atoms with van der Waals surface area (Å²) >= 11 is 12.4. The van der Waals surface area contributed by atoms with Gasteiger partial charge in [-0.25, -0.2) is 14.2 Å². The highest BCUT2D eigenvalue weighted by Crippen LogP contribution is 2.35. The SMILES string of the molecule is CC(C)COc1ncc(Oc2cc(F)c(C(=O)N3CCC[C@H]3C(=O)O)cc2Cl)cc1Cl. The summed E-state index contributed by atoms with van der Waals surface area (Å²) < 4.78 is 25.8. The zero-order valence-electron chi connectivity index (χ0n) is 16.9. The van der Waals surface area contributed by atoms with E-state index >= 15 is 0 Å². The molecule has 1 atom stereocenters. The Balaban J connectivity index is 1.78. The number of carbonyl (C=O) groups is 2. The minimum atomic E-state index is -1.12. The highest BCUT2D eigenvalue weighted by atomic mass is 35.5. The third kappa shape index (κ3) is 5.37. The van der Waals surface area contributed by atoms with Crippen molar-refractivity contribution >= 4 is 35.1 Å². The first-order valence-corrected chi connectivity index (χ1v) is 10.4.